The molecule has 0 atom stereocenters. The summed E-state index contributed by atoms with van der Waals surface area (Å²) in [5.41, 5.74) is 1.81. The number of rotatable bonds is 8. The molecular formula is C18H22N6O2S. The first-order chi connectivity index (χ1) is 12.9. The molecule has 1 aromatic carbocycles. The maximum Gasteiger partial charge on any atom is 0.215 e. The van der Waals surface area contributed by atoms with E-state index in [4.69, 9.17) is 0 Å². The lowest BCUT2D eigenvalue weighted by atomic mass is 10.2. The number of hydrogen-bond donors (Lipinski definition) is 2. The number of nitrogens with one attached hydrogen (secondary N) is 2. The van der Waals surface area contributed by atoms with E-state index in [0.29, 0.717) is 18.2 Å². The summed E-state index contributed by atoms with van der Waals surface area (Å²) >= 11 is 0. The Morgan fingerprint density at radius 3 is 2.67 bits per heavy atom. The smallest absolute Gasteiger partial charge is 0.215 e. The van der Waals surface area contributed by atoms with E-state index < -0.39 is 10.0 Å². The Kier molecular flexibility index (Phi) is 5.82. The van der Waals surface area contributed by atoms with Crippen LogP contribution in [0.3, 0.4) is 0 Å². The van der Waals surface area contributed by atoms with Crippen molar-refractivity contribution in [2.24, 2.45) is 0 Å². The molecule has 8 nitrogen and oxygen atoms in total. The molecule has 2 aromatic heterocycles. The normalized spacial score (nSPS) is 11.5. The van der Waals surface area contributed by atoms with Gasteiger partial charge in [0.2, 0.25) is 10.0 Å². The number of nitrogens with zero attached hydrogens (tertiary/aromatic N) is 4. The van der Waals surface area contributed by atoms with Gasteiger partial charge in [0.05, 0.1) is 5.75 Å². The van der Waals surface area contributed by atoms with Crippen LogP contribution in [0.25, 0.3) is 5.82 Å². The first-order valence-electron chi connectivity index (χ1n) is 8.52. The van der Waals surface area contributed by atoms with Crippen LogP contribution >= 0.6 is 0 Å². The lowest BCUT2D eigenvalue weighted by molar-refractivity contribution is 0.582. The van der Waals surface area contributed by atoms with E-state index in [1.165, 1.54) is 6.33 Å². The molecule has 0 spiro atoms. The highest BCUT2D eigenvalue weighted by atomic mass is 32.2. The van der Waals surface area contributed by atoms with Crippen LogP contribution in [0.4, 0.5) is 5.82 Å². The molecule has 0 aliphatic carbocycles. The fraction of sp³-hybridized carbons (Fsp3) is 0.278. The molecule has 27 heavy (non-hydrogen) atoms. The molecule has 2 N–H and O–H groups in total. The van der Waals surface area contributed by atoms with E-state index in [2.05, 4.69) is 25.0 Å². The standard InChI is InChI=1S/C18H22N6O2S/c1-14-4-3-5-16(10-14)12-27(25,26)23-7-6-20-17-11-18(22-13-21-17)24-9-8-19-15(24)2/h3-5,8-11,13,23H,6-7,12H2,1-2H3,(H,20,21,22). The van der Waals surface area contributed by atoms with Crippen LogP contribution in [0.5, 0.6) is 0 Å². The van der Waals surface area contributed by atoms with E-state index >= 15 is 0 Å². The van der Waals surface area contributed by atoms with Gasteiger partial charge in [-0.05, 0) is 19.4 Å². The summed E-state index contributed by atoms with van der Waals surface area (Å²) in [7, 11) is -3.39. The fourth-order valence-corrected chi connectivity index (χ4v) is 3.80. The molecule has 2 heterocycles. The molecule has 3 aromatic rings. The van der Waals surface area contributed by atoms with Gasteiger partial charge in [-0.3, -0.25) is 4.57 Å². The molecule has 0 saturated heterocycles. The summed E-state index contributed by atoms with van der Waals surface area (Å²) in [5.74, 6) is 2.10. The first-order valence-corrected chi connectivity index (χ1v) is 10.2. The van der Waals surface area contributed by atoms with Crippen molar-refractivity contribution in [2.75, 3.05) is 18.4 Å². The van der Waals surface area contributed by atoms with Gasteiger partial charge in [-0.25, -0.2) is 28.1 Å². The largest absolute Gasteiger partial charge is 0.369 e. The molecule has 0 bridgehead atoms. The van der Waals surface area contributed by atoms with Crippen LogP contribution in [0, 0.1) is 13.8 Å². The molecule has 0 unspecified atom stereocenters. The number of hydrogen-bond acceptors (Lipinski definition) is 6. The highest BCUT2D eigenvalue weighted by Crippen LogP contribution is 2.11. The van der Waals surface area contributed by atoms with Crippen LogP contribution in [0.1, 0.15) is 17.0 Å². The minimum absolute atomic E-state index is 0.0355. The van der Waals surface area contributed by atoms with Crippen LogP contribution < -0.4 is 10.0 Å². The predicted octanol–water partition coefficient (Wildman–Crippen LogP) is 1.81. The maximum atomic E-state index is 12.2. The van der Waals surface area contributed by atoms with E-state index in [1.54, 1.807) is 12.3 Å². The minimum Gasteiger partial charge on any atom is -0.369 e. The second-order valence-corrected chi connectivity index (χ2v) is 7.98. The van der Waals surface area contributed by atoms with Crippen molar-refractivity contribution in [1.29, 1.82) is 0 Å². The summed E-state index contributed by atoms with van der Waals surface area (Å²) in [4.78, 5) is 12.6. The number of benzene rings is 1. The summed E-state index contributed by atoms with van der Waals surface area (Å²) in [5, 5.41) is 3.10. The molecule has 9 heteroatoms. The fourth-order valence-electron chi connectivity index (χ4n) is 2.67. The third-order valence-corrected chi connectivity index (χ3v) is 5.27. The number of aryl methyl sites for hydroxylation is 2. The molecule has 0 aliphatic rings. The topological polar surface area (TPSA) is 102 Å². The van der Waals surface area contributed by atoms with Crippen LogP contribution in [0.2, 0.25) is 0 Å². The predicted molar refractivity (Wildman–Crippen MR) is 104 cm³/mol. The van der Waals surface area contributed by atoms with E-state index in [0.717, 1.165) is 17.0 Å². The van der Waals surface area contributed by atoms with Crippen molar-refractivity contribution in [3.8, 4) is 5.82 Å². The molecule has 0 amide bonds. The Balaban J connectivity index is 1.52. The second kappa shape index (κ2) is 8.28. The summed E-state index contributed by atoms with van der Waals surface area (Å²) in [6.07, 6.45) is 4.98. The molecule has 0 fully saturated rings. The van der Waals surface area contributed by atoms with Gasteiger partial charge < -0.3 is 5.32 Å². The monoisotopic (exact) mass is 386 g/mol. The Bertz CT molecular complexity index is 1020. The number of imidazole rings is 1. The van der Waals surface area contributed by atoms with Crippen molar-refractivity contribution in [2.45, 2.75) is 19.6 Å². The lowest BCUT2D eigenvalue weighted by Crippen LogP contribution is -2.30. The van der Waals surface area contributed by atoms with Crippen LogP contribution in [-0.4, -0.2) is 41.0 Å². The highest BCUT2D eigenvalue weighted by molar-refractivity contribution is 7.88. The highest BCUT2D eigenvalue weighted by Gasteiger charge is 2.11. The van der Waals surface area contributed by atoms with Gasteiger partial charge in [0.25, 0.3) is 0 Å². The van der Waals surface area contributed by atoms with Gasteiger partial charge in [-0.1, -0.05) is 29.8 Å². The summed E-state index contributed by atoms with van der Waals surface area (Å²) < 4.78 is 28.8. The molecule has 0 radical (unpaired) electrons. The Hall–Kier alpha value is -2.78. The zero-order chi connectivity index (χ0) is 19.3. The third-order valence-electron chi connectivity index (χ3n) is 3.92. The van der Waals surface area contributed by atoms with Crippen LogP contribution in [-0.2, 0) is 15.8 Å². The third kappa shape index (κ3) is 5.35. The zero-order valence-electron chi connectivity index (χ0n) is 15.3. The Morgan fingerprint density at radius 2 is 1.93 bits per heavy atom. The molecule has 142 valence electrons. The number of aromatic nitrogens is 4. The second-order valence-electron chi connectivity index (χ2n) is 6.18. The van der Waals surface area contributed by atoms with Gasteiger partial charge in [0, 0.05) is 31.5 Å². The quantitative estimate of drug-likeness (QED) is 0.573. The van der Waals surface area contributed by atoms with Crippen molar-refractivity contribution in [1.82, 2.24) is 24.2 Å². The molecule has 0 saturated carbocycles. The Morgan fingerprint density at radius 1 is 1.07 bits per heavy atom. The van der Waals surface area contributed by atoms with Gasteiger partial charge in [-0.15, -0.1) is 0 Å². The van der Waals surface area contributed by atoms with Crippen molar-refractivity contribution in [3.05, 3.63) is 66.0 Å². The lowest BCUT2D eigenvalue weighted by Gasteiger charge is -2.10. The van der Waals surface area contributed by atoms with Crippen molar-refractivity contribution in [3.63, 3.8) is 0 Å². The van der Waals surface area contributed by atoms with E-state index in [1.807, 2.05) is 48.9 Å². The van der Waals surface area contributed by atoms with Crippen molar-refractivity contribution >= 4 is 15.8 Å². The molecular weight excluding hydrogens is 364 g/mol. The summed E-state index contributed by atoms with van der Waals surface area (Å²) in [6.45, 7) is 4.50. The zero-order valence-corrected chi connectivity index (χ0v) is 16.1. The SMILES string of the molecule is Cc1cccc(CS(=O)(=O)NCCNc2cc(-n3ccnc3C)ncn2)c1. The summed E-state index contributed by atoms with van der Waals surface area (Å²) in [6, 6.07) is 9.27. The van der Waals surface area contributed by atoms with Crippen LogP contribution in [0.15, 0.2) is 49.1 Å². The Labute approximate surface area is 158 Å². The van der Waals surface area contributed by atoms with Gasteiger partial charge in [0.1, 0.15) is 23.8 Å². The molecule has 3 rings (SSSR count). The van der Waals surface area contributed by atoms with Gasteiger partial charge in [0.15, 0.2) is 0 Å². The maximum absolute atomic E-state index is 12.2. The molecule has 0 aliphatic heterocycles. The minimum atomic E-state index is -3.39. The van der Waals surface area contributed by atoms with Crippen molar-refractivity contribution < 1.29 is 8.42 Å². The average molecular weight is 386 g/mol. The van der Waals surface area contributed by atoms with E-state index in [-0.39, 0.29) is 12.3 Å². The van der Waals surface area contributed by atoms with E-state index in [9.17, 15) is 8.42 Å². The number of anilines is 1. The number of sulfonamides is 1. The van der Waals surface area contributed by atoms with Gasteiger partial charge >= 0.3 is 0 Å². The van der Waals surface area contributed by atoms with Gasteiger partial charge in [-0.2, -0.15) is 0 Å². The average Bonchev–Trinajstić information content (AvgIpc) is 3.05. The first kappa shape index (κ1) is 19.0.